The minimum Gasteiger partial charge on any atom is -0.454 e. The molecule has 0 spiro atoms. The fourth-order valence-corrected chi connectivity index (χ4v) is 3.58. The van der Waals surface area contributed by atoms with E-state index in [0.29, 0.717) is 6.79 Å². The molecule has 22 heavy (non-hydrogen) atoms. The number of rotatable bonds is 3. The van der Waals surface area contributed by atoms with Gasteiger partial charge in [-0.1, -0.05) is 6.07 Å². The van der Waals surface area contributed by atoms with Crippen molar-refractivity contribution < 1.29 is 19.0 Å². The standard InChI is InChI=1S/C16H20N2O4/c1-2-18-12-7-17(8-15(12)20-9-16(18)19)6-11-3-4-13-14(5-11)22-10-21-13/h3-5,12,15H,2,6-10H2,1H3/t12-,15+/m1/s1. The minimum absolute atomic E-state index is 0.105. The van der Waals surface area contributed by atoms with Gasteiger partial charge in [-0.25, -0.2) is 0 Å². The van der Waals surface area contributed by atoms with Crippen LogP contribution in [0.1, 0.15) is 12.5 Å². The van der Waals surface area contributed by atoms with E-state index in [4.69, 9.17) is 14.2 Å². The number of morpholine rings is 1. The molecule has 4 rings (SSSR count). The Bertz CT molecular complexity index is 592. The largest absolute Gasteiger partial charge is 0.454 e. The molecule has 2 saturated heterocycles. The SMILES string of the molecule is CCN1C(=O)CO[C@H]2CN(Cc3ccc4c(c3)OCO4)C[C@H]21. The van der Waals surface area contributed by atoms with Gasteiger partial charge in [0.25, 0.3) is 0 Å². The zero-order chi connectivity index (χ0) is 15.1. The number of nitrogens with zero attached hydrogens (tertiary/aromatic N) is 2. The molecular weight excluding hydrogens is 284 g/mol. The zero-order valence-electron chi connectivity index (χ0n) is 12.7. The Morgan fingerprint density at radius 2 is 2.09 bits per heavy atom. The lowest BCUT2D eigenvalue weighted by Crippen LogP contribution is -2.53. The number of likely N-dealkylation sites (tertiary alicyclic amines) is 1. The molecule has 3 heterocycles. The van der Waals surface area contributed by atoms with Crippen molar-refractivity contribution in [3.05, 3.63) is 23.8 Å². The normalized spacial score (nSPS) is 27.3. The van der Waals surface area contributed by atoms with Crippen molar-refractivity contribution in [1.29, 1.82) is 0 Å². The average molecular weight is 304 g/mol. The highest BCUT2D eigenvalue weighted by Gasteiger charge is 2.42. The predicted octanol–water partition coefficient (Wildman–Crippen LogP) is 0.847. The molecule has 1 amide bonds. The molecule has 1 aromatic carbocycles. The van der Waals surface area contributed by atoms with E-state index in [2.05, 4.69) is 11.0 Å². The highest BCUT2D eigenvalue weighted by Crippen LogP contribution is 2.33. The quantitative estimate of drug-likeness (QED) is 0.828. The van der Waals surface area contributed by atoms with E-state index in [1.165, 1.54) is 5.56 Å². The monoisotopic (exact) mass is 304 g/mol. The second kappa shape index (κ2) is 5.44. The summed E-state index contributed by atoms with van der Waals surface area (Å²) in [5.41, 5.74) is 1.19. The van der Waals surface area contributed by atoms with Crippen molar-refractivity contribution in [3.8, 4) is 11.5 Å². The van der Waals surface area contributed by atoms with E-state index in [9.17, 15) is 4.79 Å². The molecule has 0 unspecified atom stereocenters. The van der Waals surface area contributed by atoms with E-state index < -0.39 is 0 Å². The van der Waals surface area contributed by atoms with Gasteiger partial charge in [-0.05, 0) is 24.6 Å². The van der Waals surface area contributed by atoms with Crippen molar-refractivity contribution in [2.24, 2.45) is 0 Å². The lowest BCUT2D eigenvalue weighted by atomic mass is 10.1. The van der Waals surface area contributed by atoms with Gasteiger partial charge in [0.1, 0.15) is 6.61 Å². The maximum absolute atomic E-state index is 11.9. The molecular formula is C16H20N2O4. The highest BCUT2D eigenvalue weighted by molar-refractivity contribution is 5.78. The van der Waals surface area contributed by atoms with Gasteiger partial charge in [-0.2, -0.15) is 0 Å². The number of hydrogen-bond donors (Lipinski definition) is 0. The van der Waals surface area contributed by atoms with Crippen LogP contribution in [0.25, 0.3) is 0 Å². The molecule has 0 saturated carbocycles. The molecule has 2 fully saturated rings. The molecule has 6 heteroatoms. The van der Waals surface area contributed by atoms with Crippen molar-refractivity contribution in [2.75, 3.05) is 33.0 Å². The number of amides is 1. The van der Waals surface area contributed by atoms with Crippen molar-refractivity contribution in [2.45, 2.75) is 25.6 Å². The summed E-state index contributed by atoms with van der Waals surface area (Å²) in [6, 6.07) is 6.24. The molecule has 6 nitrogen and oxygen atoms in total. The molecule has 0 N–H and O–H groups in total. The highest BCUT2D eigenvalue weighted by atomic mass is 16.7. The summed E-state index contributed by atoms with van der Waals surface area (Å²) < 4.78 is 16.5. The maximum Gasteiger partial charge on any atom is 0.248 e. The van der Waals surface area contributed by atoms with Gasteiger partial charge in [0.2, 0.25) is 12.7 Å². The minimum atomic E-state index is 0.105. The summed E-state index contributed by atoms with van der Waals surface area (Å²) in [6.45, 7) is 5.85. The first-order valence-corrected chi connectivity index (χ1v) is 7.76. The van der Waals surface area contributed by atoms with Crippen LogP contribution in [0.15, 0.2) is 18.2 Å². The first kappa shape index (κ1) is 13.8. The number of ether oxygens (including phenoxy) is 3. The molecule has 1 aromatic rings. The van der Waals surface area contributed by atoms with E-state index >= 15 is 0 Å². The van der Waals surface area contributed by atoms with Gasteiger partial charge in [0.05, 0.1) is 12.1 Å². The van der Waals surface area contributed by atoms with E-state index in [1.807, 2.05) is 24.0 Å². The second-order valence-electron chi connectivity index (χ2n) is 5.98. The predicted molar refractivity (Wildman–Crippen MR) is 78.8 cm³/mol. The van der Waals surface area contributed by atoms with Crippen LogP contribution in [0.3, 0.4) is 0 Å². The van der Waals surface area contributed by atoms with Crippen molar-refractivity contribution in [1.82, 2.24) is 9.80 Å². The Hall–Kier alpha value is -1.79. The third kappa shape index (κ3) is 2.32. The van der Waals surface area contributed by atoms with Crippen LogP contribution in [0, 0.1) is 0 Å². The van der Waals surface area contributed by atoms with Crippen LogP contribution in [0.5, 0.6) is 11.5 Å². The van der Waals surface area contributed by atoms with Crippen molar-refractivity contribution >= 4 is 5.91 Å². The van der Waals surface area contributed by atoms with Crippen LogP contribution < -0.4 is 9.47 Å². The number of fused-ring (bicyclic) bond motifs is 2. The molecule has 3 aliphatic heterocycles. The second-order valence-corrected chi connectivity index (χ2v) is 5.98. The Labute approximate surface area is 129 Å². The van der Waals surface area contributed by atoms with Crippen LogP contribution in [0.4, 0.5) is 0 Å². The van der Waals surface area contributed by atoms with Crippen LogP contribution in [-0.2, 0) is 16.1 Å². The summed E-state index contributed by atoms with van der Waals surface area (Å²) >= 11 is 0. The Kier molecular flexibility index (Phi) is 3.43. The Morgan fingerprint density at radius 3 is 2.95 bits per heavy atom. The first-order chi connectivity index (χ1) is 10.7. The molecule has 0 bridgehead atoms. The van der Waals surface area contributed by atoms with Crippen LogP contribution >= 0.6 is 0 Å². The van der Waals surface area contributed by atoms with Crippen LogP contribution in [-0.4, -0.2) is 60.9 Å². The summed E-state index contributed by atoms with van der Waals surface area (Å²) in [5, 5.41) is 0. The molecule has 118 valence electrons. The lowest BCUT2D eigenvalue weighted by Gasteiger charge is -2.35. The van der Waals surface area contributed by atoms with Gasteiger partial charge in [0, 0.05) is 26.2 Å². The summed E-state index contributed by atoms with van der Waals surface area (Å²) in [5.74, 6) is 1.73. The maximum atomic E-state index is 11.9. The van der Waals surface area contributed by atoms with Gasteiger partial charge in [0.15, 0.2) is 11.5 Å². The third-order valence-corrected chi connectivity index (χ3v) is 4.64. The summed E-state index contributed by atoms with van der Waals surface area (Å²) in [6.07, 6.45) is 0.131. The van der Waals surface area contributed by atoms with Gasteiger partial charge in [-0.15, -0.1) is 0 Å². The first-order valence-electron chi connectivity index (χ1n) is 7.76. The van der Waals surface area contributed by atoms with Gasteiger partial charge in [-0.3, -0.25) is 9.69 Å². The summed E-state index contributed by atoms with van der Waals surface area (Å²) in [7, 11) is 0. The number of benzene rings is 1. The van der Waals surface area contributed by atoms with E-state index in [1.54, 1.807) is 0 Å². The fourth-order valence-electron chi connectivity index (χ4n) is 3.58. The number of likely N-dealkylation sites (N-methyl/N-ethyl adjacent to an activating group) is 1. The molecule has 2 atom stereocenters. The zero-order valence-corrected chi connectivity index (χ0v) is 12.7. The van der Waals surface area contributed by atoms with Crippen molar-refractivity contribution in [3.63, 3.8) is 0 Å². The third-order valence-electron chi connectivity index (χ3n) is 4.64. The number of carbonyl (C=O) groups excluding carboxylic acids is 1. The molecule has 0 radical (unpaired) electrons. The van der Waals surface area contributed by atoms with Crippen LogP contribution in [0.2, 0.25) is 0 Å². The molecule has 3 aliphatic rings. The molecule has 0 aromatic heterocycles. The lowest BCUT2D eigenvalue weighted by molar-refractivity contribution is -0.152. The molecule has 0 aliphatic carbocycles. The topological polar surface area (TPSA) is 51.2 Å². The number of carbonyl (C=O) groups is 1. The Balaban J connectivity index is 1.45. The van der Waals surface area contributed by atoms with E-state index in [0.717, 1.165) is 37.7 Å². The van der Waals surface area contributed by atoms with Gasteiger partial charge >= 0.3 is 0 Å². The average Bonchev–Trinajstić information content (AvgIpc) is 3.13. The smallest absolute Gasteiger partial charge is 0.248 e. The van der Waals surface area contributed by atoms with E-state index in [-0.39, 0.29) is 24.7 Å². The number of hydrogen-bond acceptors (Lipinski definition) is 5. The summed E-state index contributed by atoms with van der Waals surface area (Å²) in [4.78, 5) is 16.2. The Morgan fingerprint density at radius 1 is 1.23 bits per heavy atom. The fraction of sp³-hybridized carbons (Fsp3) is 0.562. The van der Waals surface area contributed by atoms with Gasteiger partial charge < -0.3 is 19.1 Å².